The molecule has 126 valence electrons. The zero-order chi connectivity index (χ0) is 16.6. The summed E-state index contributed by atoms with van der Waals surface area (Å²) in [5, 5.41) is 9.60. The van der Waals surface area contributed by atoms with Crippen molar-refractivity contribution in [2.24, 2.45) is 11.3 Å². The number of nitrogens with zero attached hydrogens (tertiary/aromatic N) is 2. The van der Waals surface area contributed by atoms with Crippen LogP contribution in [-0.4, -0.2) is 53.5 Å². The molecule has 3 rings (SSSR count). The van der Waals surface area contributed by atoms with E-state index in [1.54, 1.807) is 11.9 Å². The van der Waals surface area contributed by atoms with Crippen LogP contribution in [0.4, 0.5) is 0 Å². The third-order valence-corrected chi connectivity index (χ3v) is 6.39. The van der Waals surface area contributed by atoms with E-state index < -0.39 is 11.4 Å². The molecule has 2 aliphatic rings. The highest BCUT2D eigenvalue weighted by atomic mass is 35.5. The van der Waals surface area contributed by atoms with E-state index in [0.717, 1.165) is 35.0 Å². The molecule has 1 aliphatic heterocycles. The summed E-state index contributed by atoms with van der Waals surface area (Å²) in [6.07, 6.45) is 2.68. The Morgan fingerprint density at radius 1 is 1.52 bits per heavy atom. The van der Waals surface area contributed by atoms with Crippen molar-refractivity contribution < 1.29 is 14.7 Å². The zero-order valence-corrected chi connectivity index (χ0v) is 14.7. The van der Waals surface area contributed by atoms with Crippen molar-refractivity contribution >= 4 is 34.8 Å². The third kappa shape index (κ3) is 3.25. The fraction of sp³-hybridized carbons (Fsp3) is 0.625. The number of rotatable bonds is 5. The summed E-state index contributed by atoms with van der Waals surface area (Å²) < 4.78 is 0.719. The van der Waals surface area contributed by atoms with Gasteiger partial charge in [0.1, 0.15) is 0 Å². The van der Waals surface area contributed by atoms with Gasteiger partial charge in [0.2, 0.25) is 5.91 Å². The summed E-state index contributed by atoms with van der Waals surface area (Å²) in [6.45, 7) is 2.05. The topological polar surface area (TPSA) is 60.9 Å². The molecule has 1 aliphatic carbocycles. The number of halogens is 1. The van der Waals surface area contributed by atoms with Gasteiger partial charge in [-0.25, -0.2) is 0 Å². The Bertz CT molecular complexity index is 620. The molecule has 2 fully saturated rings. The number of carbonyl (C=O) groups excluding carboxylic acids is 1. The molecule has 2 heterocycles. The van der Waals surface area contributed by atoms with E-state index >= 15 is 0 Å². The Balaban J connectivity index is 1.57. The molecule has 1 saturated carbocycles. The van der Waals surface area contributed by atoms with E-state index in [1.807, 2.05) is 17.0 Å². The van der Waals surface area contributed by atoms with Crippen molar-refractivity contribution in [1.82, 2.24) is 9.80 Å². The predicted octanol–water partition coefficient (Wildman–Crippen LogP) is 2.55. The monoisotopic (exact) mass is 356 g/mol. The van der Waals surface area contributed by atoms with Gasteiger partial charge in [-0.15, -0.1) is 11.3 Å². The normalized spacial score (nSPS) is 27.1. The molecular weight excluding hydrogens is 336 g/mol. The SMILES string of the molecule is CN(Cc1ccc(Cl)s1)C(=O)CN1C[C@@H]2CCC[C@@]2(C(=O)O)C1. The van der Waals surface area contributed by atoms with Crippen LogP contribution >= 0.6 is 22.9 Å². The minimum absolute atomic E-state index is 0.0232. The maximum Gasteiger partial charge on any atom is 0.311 e. The van der Waals surface area contributed by atoms with Gasteiger partial charge in [0.25, 0.3) is 0 Å². The van der Waals surface area contributed by atoms with Crippen molar-refractivity contribution in [3.05, 3.63) is 21.3 Å². The van der Waals surface area contributed by atoms with E-state index in [4.69, 9.17) is 11.6 Å². The summed E-state index contributed by atoms with van der Waals surface area (Å²) >= 11 is 7.38. The van der Waals surface area contributed by atoms with Crippen molar-refractivity contribution in [2.45, 2.75) is 25.8 Å². The van der Waals surface area contributed by atoms with Crippen LogP contribution < -0.4 is 0 Å². The number of thiophene rings is 1. The molecule has 0 unspecified atom stereocenters. The van der Waals surface area contributed by atoms with Crippen LogP contribution in [0.3, 0.4) is 0 Å². The van der Waals surface area contributed by atoms with Crippen molar-refractivity contribution in [3.8, 4) is 0 Å². The van der Waals surface area contributed by atoms with Crippen LogP contribution in [-0.2, 0) is 16.1 Å². The molecule has 2 atom stereocenters. The number of fused-ring (bicyclic) bond motifs is 1. The molecule has 1 aromatic rings. The number of hydrogen-bond acceptors (Lipinski definition) is 4. The third-order valence-electron chi connectivity index (χ3n) is 5.17. The summed E-state index contributed by atoms with van der Waals surface area (Å²) in [5.41, 5.74) is -0.625. The van der Waals surface area contributed by atoms with Crippen LogP contribution in [0.1, 0.15) is 24.1 Å². The smallest absolute Gasteiger partial charge is 0.311 e. The molecule has 0 aromatic carbocycles. The van der Waals surface area contributed by atoms with Crippen LogP contribution in [0, 0.1) is 11.3 Å². The number of likely N-dealkylation sites (tertiary alicyclic amines) is 1. The molecule has 7 heteroatoms. The number of aliphatic carboxylic acids is 1. The van der Waals surface area contributed by atoms with E-state index in [0.29, 0.717) is 19.6 Å². The lowest BCUT2D eigenvalue weighted by atomic mass is 9.81. The summed E-state index contributed by atoms with van der Waals surface area (Å²) in [6, 6.07) is 3.76. The lowest BCUT2D eigenvalue weighted by Crippen LogP contribution is -2.39. The Morgan fingerprint density at radius 3 is 2.91 bits per heavy atom. The Labute approximate surface area is 144 Å². The minimum Gasteiger partial charge on any atom is -0.481 e. The van der Waals surface area contributed by atoms with E-state index in [9.17, 15) is 14.7 Å². The second-order valence-electron chi connectivity index (χ2n) is 6.68. The summed E-state index contributed by atoms with van der Waals surface area (Å²) in [7, 11) is 1.78. The fourth-order valence-corrected chi connectivity index (χ4v) is 5.08. The molecule has 0 spiro atoms. The highest BCUT2D eigenvalue weighted by Crippen LogP contribution is 2.48. The maximum absolute atomic E-state index is 12.4. The van der Waals surface area contributed by atoms with Crippen LogP contribution in [0.2, 0.25) is 4.34 Å². The number of carboxylic acids is 1. The highest BCUT2D eigenvalue weighted by molar-refractivity contribution is 7.16. The molecule has 5 nitrogen and oxygen atoms in total. The average molecular weight is 357 g/mol. The molecule has 1 amide bonds. The van der Waals surface area contributed by atoms with Gasteiger partial charge in [0.05, 0.1) is 22.8 Å². The van der Waals surface area contributed by atoms with Crippen LogP contribution in [0.5, 0.6) is 0 Å². The summed E-state index contributed by atoms with van der Waals surface area (Å²) in [4.78, 5) is 28.8. The number of amides is 1. The Hall–Kier alpha value is -1.11. The lowest BCUT2D eigenvalue weighted by Gasteiger charge is -2.24. The van der Waals surface area contributed by atoms with Gasteiger partial charge in [-0.2, -0.15) is 0 Å². The van der Waals surface area contributed by atoms with E-state index in [1.165, 1.54) is 11.3 Å². The molecular formula is C16H21ClN2O3S. The lowest BCUT2D eigenvalue weighted by molar-refractivity contribution is -0.149. The van der Waals surface area contributed by atoms with Gasteiger partial charge in [-0.1, -0.05) is 18.0 Å². The van der Waals surface area contributed by atoms with Gasteiger partial charge in [0, 0.05) is 25.0 Å². The van der Waals surface area contributed by atoms with Crippen molar-refractivity contribution in [2.75, 3.05) is 26.7 Å². The Kier molecular flexibility index (Phi) is 4.67. The number of carbonyl (C=O) groups is 2. The quantitative estimate of drug-likeness (QED) is 0.880. The largest absolute Gasteiger partial charge is 0.481 e. The molecule has 0 bridgehead atoms. The maximum atomic E-state index is 12.4. The molecule has 1 N–H and O–H groups in total. The summed E-state index contributed by atoms with van der Waals surface area (Å²) in [5.74, 6) is -0.485. The molecule has 1 aromatic heterocycles. The van der Waals surface area contributed by atoms with Crippen LogP contribution in [0.25, 0.3) is 0 Å². The fourth-order valence-electron chi connectivity index (χ4n) is 3.93. The first-order chi connectivity index (χ1) is 10.9. The van der Waals surface area contributed by atoms with Crippen molar-refractivity contribution in [1.29, 1.82) is 0 Å². The van der Waals surface area contributed by atoms with Gasteiger partial charge in [0.15, 0.2) is 0 Å². The van der Waals surface area contributed by atoms with Gasteiger partial charge >= 0.3 is 5.97 Å². The predicted molar refractivity (Wildman–Crippen MR) is 89.7 cm³/mol. The zero-order valence-electron chi connectivity index (χ0n) is 13.1. The van der Waals surface area contributed by atoms with E-state index in [2.05, 4.69) is 0 Å². The second-order valence-corrected chi connectivity index (χ2v) is 8.48. The van der Waals surface area contributed by atoms with Gasteiger partial charge < -0.3 is 10.0 Å². The molecule has 0 radical (unpaired) electrons. The first-order valence-corrected chi connectivity index (χ1v) is 9.04. The van der Waals surface area contributed by atoms with E-state index in [-0.39, 0.29) is 11.8 Å². The van der Waals surface area contributed by atoms with Gasteiger partial charge in [-0.05, 0) is 30.9 Å². The molecule has 23 heavy (non-hydrogen) atoms. The highest BCUT2D eigenvalue weighted by Gasteiger charge is 2.54. The number of likely N-dealkylation sites (N-methyl/N-ethyl adjacent to an activating group) is 1. The minimum atomic E-state index is -0.698. The van der Waals surface area contributed by atoms with Crippen LogP contribution in [0.15, 0.2) is 12.1 Å². The number of hydrogen-bond donors (Lipinski definition) is 1. The first kappa shape index (κ1) is 16.7. The number of carboxylic acid groups (broad SMARTS) is 1. The second kappa shape index (κ2) is 6.42. The average Bonchev–Trinajstić information content (AvgIpc) is 3.13. The molecule has 1 saturated heterocycles. The Morgan fingerprint density at radius 2 is 2.30 bits per heavy atom. The first-order valence-electron chi connectivity index (χ1n) is 7.84. The van der Waals surface area contributed by atoms with Gasteiger partial charge in [-0.3, -0.25) is 14.5 Å². The van der Waals surface area contributed by atoms with Crippen molar-refractivity contribution in [3.63, 3.8) is 0 Å². The standard InChI is InChI=1S/C16H21ClN2O3S/c1-18(8-12-4-5-13(17)23-12)14(20)9-19-7-11-3-2-6-16(11,10-19)15(21)22/h4-5,11H,2-3,6-10H2,1H3,(H,21,22)/t11-,16+/m0/s1.